The maximum atomic E-state index is 10.7. The van der Waals surface area contributed by atoms with Crippen LogP contribution in [-0.2, 0) is 4.79 Å². The summed E-state index contributed by atoms with van der Waals surface area (Å²) in [5.74, 6) is -0.364. The van der Waals surface area contributed by atoms with Gasteiger partial charge in [0.1, 0.15) is 0 Å². The molecule has 0 saturated carbocycles. The van der Waals surface area contributed by atoms with E-state index in [0.717, 1.165) is 16.7 Å². The van der Waals surface area contributed by atoms with E-state index < -0.39 is 0 Å². The van der Waals surface area contributed by atoms with Crippen LogP contribution in [0.15, 0.2) is 18.2 Å². The Morgan fingerprint density at radius 1 is 1.29 bits per heavy atom. The topological polar surface area (TPSA) is 69.1 Å². The smallest absolute Gasteiger partial charge is 0.219 e. The van der Waals surface area contributed by atoms with Crippen LogP contribution in [0.25, 0.3) is 0 Å². The SMILES string of the molecule is Cc1cc(C)cc(C(N)CC(N)=O)c1. The maximum absolute atomic E-state index is 10.7. The van der Waals surface area contributed by atoms with Crippen molar-refractivity contribution in [3.05, 3.63) is 34.9 Å². The van der Waals surface area contributed by atoms with E-state index in [-0.39, 0.29) is 18.4 Å². The summed E-state index contributed by atoms with van der Waals surface area (Å²) < 4.78 is 0. The summed E-state index contributed by atoms with van der Waals surface area (Å²) >= 11 is 0. The van der Waals surface area contributed by atoms with E-state index >= 15 is 0 Å². The van der Waals surface area contributed by atoms with E-state index in [1.54, 1.807) is 0 Å². The monoisotopic (exact) mass is 192 g/mol. The van der Waals surface area contributed by atoms with Gasteiger partial charge in [0, 0.05) is 12.5 Å². The summed E-state index contributed by atoms with van der Waals surface area (Å²) in [6, 6.07) is 5.76. The number of rotatable bonds is 3. The lowest BCUT2D eigenvalue weighted by Crippen LogP contribution is -2.20. The van der Waals surface area contributed by atoms with E-state index in [1.165, 1.54) is 0 Å². The standard InChI is InChI=1S/C11H16N2O/c1-7-3-8(2)5-9(4-7)10(12)6-11(13)14/h3-5,10H,6,12H2,1-2H3,(H2,13,14). The lowest BCUT2D eigenvalue weighted by atomic mass is 10.00. The summed E-state index contributed by atoms with van der Waals surface area (Å²) in [6.45, 7) is 4.01. The Hall–Kier alpha value is -1.35. The fourth-order valence-electron chi connectivity index (χ4n) is 1.56. The second kappa shape index (κ2) is 4.24. The van der Waals surface area contributed by atoms with Gasteiger partial charge in [0.25, 0.3) is 0 Å². The van der Waals surface area contributed by atoms with Gasteiger partial charge in [-0.25, -0.2) is 0 Å². The van der Waals surface area contributed by atoms with Crippen LogP contribution in [0.1, 0.15) is 29.2 Å². The van der Waals surface area contributed by atoms with Crippen molar-refractivity contribution in [1.82, 2.24) is 0 Å². The van der Waals surface area contributed by atoms with Crippen LogP contribution in [0.3, 0.4) is 0 Å². The molecule has 0 saturated heterocycles. The molecule has 0 heterocycles. The number of carbonyl (C=O) groups is 1. The Bertz CT molecular complexity index is 327. The molecule has 1 aromatic rings. The van der Waals surface area contributed by atoms with Crippen LogP contribution in [0, 0.1) is 13.8 Å². The minimum absolute atomic E-state index is 0.197. The normalized spacial score (nSPS) is 12.5. The summed E-state index contributed by atoms with van der Waals surface area (Å²) in [4.78, 5) is 10.7. The second-order valence-corrected chi connectivity index (χ2v) is 3.70. The molecule has 4 N–H and O–H groups in total. The Kier molecular flexibility index (Phi) is 3.25. The molecule has 0 aliphatic carbocycles. The van der Waals surface area contributed by atoms with Crippen molar-refractivity contribution in [2.75, 3.05) is 0 Å². The molecule has 1 rings (SSSR count). The molecule has 0 spiro atoms. The van der Waals surface area contributed by atoms with E-state index in [9.17, 15) is 4.79 Å². The molecule has 0 aromatic heterocycles. The highest BCUT2D eigenvalue weighted by Gasteiger charge is 2.09. The average molecular weight is 192 g/mol. The lowest BCUT2D eigenvalue weighted by Gasteiger charge is -2.11. The van der Waals surface area contributed by atoms with Gasteiger partial charge >= 0.3 is 0 Å². The molecule has 1 atom stereocenters. The second-order valence-electron chi connectivity index (χ2n) is 3.70. The summed E-state index contributed by atoms with van der Waals surface area (Å²) in [5.41, 5.74) is 14.2. The van der Waals surface area contributed by atoms with E-state index in [1.807, 2.05) is 26.0 Å². The summed E-state index contributed by atoms with van der Waals surface area (Å²) in [6.07, 6.45) is 0.197. The number of hydrogen-bond donors (Lipinski definition) is 2. The van der Waals surface area contributed by atoms with Crippen molar-refractivity contribution in [2.24, 2.45) is 11.5 Å². The number of benzene rings is 1. The molecule has 1 amide bonds. The fourth-order valence-corrected chi connectivity index (χ4v) is 1.56. The van der Waals surface area contributed by atoms with Crippen LogP contribution in [0.5, 0.6) is 0 Å². The van der Waals surface area contributed by atoms with Crippen molar-refractivity contribution < 1.29 is 4.79 Å². The van der Waals surface area contributed by atoms with Gasteiger partial charge in [-0.05, 0) is 19.4 Å². The Morgan fingerprint density at radius 2 is 1.79 bits per heavy atom. The largest absolute Gasteiger partial charge is 0.370 e. The zero-order chi connectivity index (χ0) is 10.7. The van der Waals surface area contributed by atoms with Crippen LogP contribution in [0.4, 0.5) is 0 Å². The number of nitrogens with two attached hydrogens (primary N) is 2. The molecule has 14 heavy (non-hydrogen) atoms. The molecule has 1 aromatic carbocycles. The maximum Gasteiger partial charge on any atom is 0.219 e. The zero-order valence-electron chi connectivity index (χ0n) is 8.58. The Morgan fingerprint density at radius 3 is 2.21 bits per heavy atom. The van der Waals surface area contributed by atoms with E-state index in [0.29, 0.717) is 0 Å². The molecular formula is C11H16N2O. The van der Waals surface area contributed by atoms with Crippen molar-refractivity contribution >= 4 is 5.91 Å². The highest BCUT2D eigenvalue weighted by atomic mass is 16.1. The van der Waals surface area contributed by atoms with E-state index in [2.05, 4.69) is 6.07 Å². The third-order valence-electron chi connectivity index (χ3n) is 2.09. The van der Waals surface area contributed by atoms with Gasteiger partial charge in [0.05, 0.1) is 0 Å². The minimum atomic E-state index is -0.364. The van der Waals surface area contributed by atoms with Crippen molar-refractivity contribution in [2.45, 2.75) is 26.3 Å². The molecule has 76 valence electrons. The quantitative estimate of drug-likeness (QED) is 0.755. The predicted molar refractivity (Wildman–Crippen MR) is 56.7 cm³/mol. The molecule has 0 aliphatic heterocycles. The predicted octanol–water partition coefficient (Wildman–Crippen LogP) is 1.18. The Balaban J connectivity index is 2.89. The number of primary amides is 1. The van der Waals surface area contributed by atoms with Crippen molar-refractivity contribution in [3.8, 4) is 0 Å². The highest BCUT2D eigenvalue weighted by molar-refractivity contribution is 5.74. The first-order valence-corrected chi connectivity index (χ1v) is 4.61. The van der Waals surface area contributed by atoms with Crippen LogP contribution in [-0.4, -0.2) is 5.91 Å². The minimum Gasteiger partial charge on any atom is -0.370 e. The van der Waals surface area contributed by atoms with Crippen molar-refractivity contribution in [1.29, 1.82) is 0 Å². The first-order chi connectivity index (χ1) is 6.49. The number of amides is 1. The average Bonchev–Trinajstić information content (AvgIpc) is 2.00. The van der Waals surface area contributed by atoms with Gasteiger partial charge < -0.3 is 11.5 Å². The van der Waals surface area contributed by atoms with Gasteiger partial charge in [-0.1, -0.05) is 29.3 Å². The molecule has 3 heteroatoms. The van der Waals surface area contributed by atoms with Crippen LogP contribution >= 0.6 is 0 Å². The fraction of sp³-hybridized carbons (Fsp3) is 0.364. The Labute approximate surface area is 84.1 Å². The molecule has 3 nitrogen and oxygen atoms in total. The third-order valence-corrected chi connectivity index (χ3v) is 2.09. The summed E-state index contributed by atoms with van der Waals surface area (Å²) in [5, 5.41) is 0. The third kappa shape index (κ3) is 2.85. The molecule has 0 bridgehead atoms. The first kappa shape index (κ1) is 10.7. The van der Waals surface area contributed by atoms with Gasteiger partial charge in [0.15, 0.2) is 0 Å². The van der Waals surface area contributed by atoms with Crippen LogP contribution in [0.2, 0.25) is 0 Å². The van der Waals surface area contributed by atoms with E-state index in [4.69, 9.17) is 11.5 Å². The number of carbonyl (C=O) groups excluding carboxylic acids is 1. The van der Waals surface area contributed by atoms with Crippen molar-refractivity contribution in [3.63, 3.8) is 0 Å². The summed E-state index contributed by atoms with van der Waals surface area (Å²) in [7, 11) is 0. The lowest BCUT2D eigenvalue weighted by molar-refractivity contribution is -0.118. The highest BCUT2D eigenvalue weighted by Crippen LogP contribution is 2.17. The first-order valence-electron chi connectivity index (χ1n) is 4.61. The number of aryl methyl sites for hydroxylation is 2. The zero-order valence-corrected chi connectivity index (χ0v) is 8.58. The molecule has 0 fully saturated rings. The van der Waals surface area contributed by atoms with Gasteiger partial charge in [-0.15, -0.1) is 0 Å². The molecular weight excluding hydrogens is 176 g/mol. The molecule has 1 unspecified atom stereocenters. The number of hydrogen-bond acceptors (Lipinski definition) is 2. The molecule has 0 radical (unpaired) electrons. The van der Waals surface area contributed by atoms with Gasteiger partial charge in [-0.3, -0.25) is 4.79 Å². The van der Waals surface area contributed by atoms with Gasteiger partial charge in [-0.2, -0.15) is 0 Å². The van der Waals surface area contributed by atoms with Crippen LogP contribution < -0.4 is 11.5 Å². The van der Waals surface area contributed by atoms with Gasteiger partial charge in [0.2, 0.25) is 5.91 Å². The molecule has 0 aliphatic rings.